The third-order valence-electron chi connectivity index (χ3n) is 1.52. The van der Waals surface area contributed by atoms with Gasteiger partial charge in [0, 0.05) is 5.53 Å². The molecule has 0 saturated carbocycles. The topological polar surface area (TPSA) is 224 Å². The second-order valence-electron chi connectivity index (χ2n) is 2.61. The predicted molar refractivity (Wildman–Crippen MR) is 48.4 cm³/mol. The molecule has 0 amide bonds. The first kappa shape index (κ1) is 13.6. The molecular formula is C4H3N11O4. The maximum absolute atomic E-state index is 10.1. The third-order valence-corrected chi connectivity index (χ3v) is 1.52. The van der Waals surface area contributed by atoms with Crippen LogP contribution in [0.15, 0.2) is 32.1 Å². The molecular weight excluding hydrogens is 266 g/mol. The van der Waals surface area contributed by atoms with Crippen LogP contribution in [0.2, 0.25) is 0 Å². The summed E-state index contributed by atoms with van der Waals surface area (Å²) in [6.45, 7) is 0. The first-order valence-corrected chi connectivity index (χ1v) is 4.19. The summed E-state index contributed by atoms with van der Waals surface area (Å²) in [6.07, 6.45) is 1.39. The first-order valence-electron chi connectivity index (χ1n) is 4.19. The van der Waals surface area contributed by atoms with Crippen LogP contribution in [0.1, 0.15) is 0 Å². The van der Waals surface area contributed by atoms with Gasteiger partial charge >= 0.3 is 11.7 Å². The number of hydrogen-bond donors (Lipinski definition) is 1. The standard InChI is InChI=1S/C2H2N6.C2HN5O4/c3-8-7-2-4-1-5-6-2;8-1(9)2(7(10)11)3-5-6-4-2/h1H,(H,4,5,6);(H,8,9). The fourth-order valence-electron chi connectivity index (χ4n) is 0.729. The minimum atomic E-state index is -2.86. The number of carboxylic acid groups (broad SMARTS) is 1. The largest absolute Gasteiger partial charge is 0.540 e. The molecule has 2 rings (SSSR count). The Morgan fingerprint density at radius 1 is 1.58 bits per heavy atom. The zero-order chi connectivity index (χ0) is 14.3. The highest BCUT2D eigenvalue weighted by molar-refractivity contribution is 5.74. The molecule has 98 valence electrons. The summed E-state index contributed by atoms with van der Waals surface area (Å²) < 4.78 is 0. The van der Waals surface area contributed by atoms with Crippen molar-refractivity contribution in [2.24, 2.45) is 25.8 Å². The van der Waals surface area contributed by atoms with Crippen molar-refractivity contribution < 1.29 is 19.8 Å². The average Bonchev–Trinajstić information content (AvgIpc) is 3.01. The van der Waals surface area contributed by atoms with Crippen molar-refractivity contribution in [1.82, 2.24) is 10.2 Å². The summed E-state index contributed by atoms with van der Waals surface area (Å²) in [5.74, 6) is -4.61. The lowest BCUT2D eigenvalue weighted by atomic mass is 10.4. The summed E-state index contributed by atoms with van der Waals surface area (Å²) in [6, 6.07) is 0. The van der Waals surface area contributed by atoms with Gasteiger partial charge in [0.2, 0.25) is 6.33 Å². The molecule has 19 heavy (non-hydrogen) atoms. The van der Waals surface area contributed by atoms with Crippen LogP contribution in [0.4, 0.5) is 5.95 Å². The van der Waals surface area contributed by atoms with Crippen molar-refractivity contribution in [1.29, 1.82) is 0 Å². The number of carboxylic acids is 1. The second kappa shape index (κ2) is 5.73. The van der Waals surface area contributed by atoms with E-state index in [0.717, 1.165) is 0 Å². The number of nitrogens with zero attached hydrogens (tertiary/aromatic N) is 9. The van der Waals surface area contributed by atoms with Gasteiger partial charge in [0.1, 0.15) is 0 Å². The molecule has 0 unspecified atom stereocenters. The van der Waals surface area contributed by atoms with Gasteiger partial charge in [0.05, 0.1) is 4.92 Å². The molecule has 0 atom stereocenters. The van der Waals surface area contributed by atoms with Gasteiger partial charge < -0.3 is 9.90 Å². The number of rotatable bonds is 3. The molecule has 0 aromatic carbocycles. The van der Waals surface area contributed by atoms with Crippen LogP contribution in [0.5, 0.6) is 0 Å². The number of carbonyl (C=O) groups excluding carboxylic acids is 1. The Kier molecular flexibility index (Phi) is 4.10. The summed E-state index contributed by atoms with van der Waals surface area (Å²) in [5, 5.41) is 40.0. The lowest BCUT2D eigenvalue weighted by molar-refractivity contribution is -0.564. The van der Waals surface area contributed by atoms with E-state index in [2.05, 4.69) is 45.9 Å². The summed E-state index contributed by atoms with van der Waals surface area (Å²) in [4.78, 5) is 24.0. The number of hydrogen-bond acceptors (Lipinski definition) is 10. The van der Waals surface area contributed by atoms with Gasteiger partial charge in [-0.25, -0.2) is 4.98 Å². The molecule has 0 bridgehead atoms. The number of H-pyrrole nitrogens is 2. The van der Waals surface area contributed by atoms with Gasteiger partial charge in [0.15, 0.2) is 10.9 Å². The number of nitro groups is 1. The molecule has 1 aromatic heterocycles. The van der Waals surface area contributed by atoms with Crippen LogP contribution in [0, 0.1) is 10.1 Å². The van der Waals surface area contributed by atoms with E-state index < -0.39 is 16.7 Å². The molecule has 1 aliphatic rings. The van der Waals surface area contributed by atoms with Crippen LogP contribution in [0.25, 0.3) is 10.4 Å². The van der Waals surface area contributed by atoms with Crippen molar-refractivity contribution in [3.63, 3.8) is 0 Å². The number of carbonyl (C=O) groups is 1. The van der Waals surface area contributed by atoms with E-state index in [-0.39, 0.29) is 0 Å². The van der Waals surface area contributed by atoms with Crippen LogP contribution >= 0.6 is 0 Å². The highest BCUT2D eigenvalue weighted by Crippen LogP contribution is 2.19. The van der Waals surface area contributed by atoms with E-state index in [1.54, 1.807) is 0 Å². The van der Waals surface area contributed by atoms with Crippen molar-refractivity contribution in [2.45, 2.75) is 5.79 Å². The fourth-order valence-corrected chi connectivity index (χ4v) is 0.729. The van der Waals surface area contributed by atoms with Gasteiger partial charge in [0.25, 0.3) is 5.11 Å². The van der Waals surface area contributed by atoms with E-state index in [1.807, 2.05) is 0 Å². The fraction of sp³-hybridized carbons (Fsp3) is 0.250. The number of aromatic nitrogens is 3. The Balaban J connectivity index is 0.000000200. The van der Waals surface area contributed by atoms with Crippen molar-refractivity contribution in [3.8, 4) is 0 Å². The van der Waals surface area contributed by atoms with E-state index >= 15 is 0 Å². The highest BCUT2D eigenvalue weighted by Gasteiger charge is 2.49. The number of azide groups is 1. The average molecular weight is 269 g/mol. The minimum Gasteiger partial charge on any atom is -0.540 e. The highest BCUT2D eigenvalue weighted by atomic mass is 16.6. The zero-order valence-corrected chi connectivity index (χ0v) is 8.74. The van der Waals surface area contributed by atoms with Gasteiger partial charge in [-0.1, -0.05) is 10.2 Å². The maximum Gasteiger partial charge on any atom is 0.489 e. The third kappa shape index (κ3) is 3.01. The molecule has 0 radical (unpaired) electrons. The van der Waals surface area contributed by atoms with Crippen LogP contribution < -0.4 is 10.1 Å². The maximum atomic E-state index is 10.1. The SMILES string of the molecule is O=C([O-])C1([N+](=O)[O-])N=NN=N1.[N-]=[N+]=Nc1[nH]nc[nH+]1. The molecule has 2 N–H and O–H groups in total. The van der Waals surface area contributed by atoms with Gasteiger partial charge in [-0.05, 0) is 15.5 Å². The monoisotopic (exact) mass is 269 g/mol. The summed E-state index contributed by atoms with van der Waals surface area (Å²) >= 11 is 0. The molecule has 1 aromatic rings. The van der Waals surface area contributed by atoms with Crippen molar-refractivity contribution in [3.05, 3.63) is 26.9 Å². The Labute approximate surface area is 101 Å². The molecule has 2 heterocycles. The Morgan fingerprint density at radius 2 is 2.21 bits per heavy atom. The van der Waals surface area contributed by atoms with Crippen molar-refractivity contribution in [2.75, 3.05) is 0 Å². The van der Waals surface area contributed by atoms with Crippen molar-refractivity contribution >= 4 is 11.9 Å². The van der Waals surface area contributed by atoms with Crippen LogP contribution in [0.3, 0.4) is 0 Å². The molecule has 0 fully saturated rings. The molecule has 0 spiro atoms. The number of aromatic amines is 2. The Hall–Kier alpha value is -3.48. The minimum absolute atomic E-state index is 0.313. The Morgan fingerprint density at radius 3 is 2.53 bits per heavy atom. The first-order chi connectivity index (χ1) is 9.03. The Bertz CT molecular complexity index is 540. The normalized spacial score (nSPS) is 14.1. The number of nitrogens with one attached hydrogen (secondary N) is 2. The van der Waals surface area contributed by atoms with E-state index in [9.17, 15) is 20.0 Å². The lowest BCUT2D eigenvalue weighted by Crippen LogP contribution is -2.50. The van der Waals surface area contributed by atoms with Gasteiger partial charge in [-0.15, -0.1) is 5.10 Å². The van der Waals surface area contributed by atoms with E-state index in [4.69, 9.17) is 5.53 Å². The smallest absolute Gasteiger partial charge is 0.489 e. The molecule has 1 aliphatic heterocycles. The van der Waals surface area contributed by atoms with Crippen LogP contribution in [-0.4, -0.2) is 26.9 Å². The van der Waals surface area contributed by atoms with E-state index in [0.29, 0.717) is 5.95 Å². The lowest BCUT2D eigenvalue weighted by Gasteiger charge is -2.09. The zero-order valence-electron chi connectivity index (χ0n) is 8.74. The molecule has 0 aliphatic carbocycles. The summed E-state index contributed by atoms with van der Waals surface area (Å²) in [5.41, 5.74) is 7.83. The van der Waals surface area contributed by atoms with E-state index in [1.165, 1.54) is 6.33 Å². The summed E-state index contributed by atoms with van der Waals surface area (Å²) in [7, 11) is 0. The number of aliphatic carboxylic acids is 1. The van der Waals surface area contributed by atoms with Crippen LogP contribution in [-0.2, 0) is 4.79 Å². The quantitative estimate of drug-likeness (QED) is 0.230. The second-order valence-corrected chi connectivity index (χ2v) is 2.61. The molecule has 15 nitrogen and oxygen atoms in total. The van der Waals surface area contributed by atoms with Gasteiger partial charge in [-0.3, -0.25) is 10.1 Å². The van der Waals surface area contributed by atoms with Gasteiger partial charge in [-0.2, -0.15) is 0 Å². The predicted octanol–water partition coefficient (Wildman–Crippen LogP) is -1.33. The molecule has 0 saturated heterocycles. The molecule has 15 heteroatoms.